The van der Waals surface area contributed by atoms with Gasteiger partial charge in [0, 0.05) is 11.6 Å². The van der Waals surface area contributed by atoms with E-state index in [0.29, 0.717) is 0 Å². The molecular formula is C20H21N3O3. The van der Waals surface area contributed by atoms with Gasteiger partial charge in [-0.15, -0.1) is 0 Å². The molecule has 4 heterocycles. The molecule has 4 atom stereocenters. The highest BCUT2D eigenvalue weighted by atomic mass is 16.8. The number of hydrogen-bond acceptors (Lipinski definition) is 5. The predicted molar refractivity (Wildman–Crippen MR) is 95.4 cm³/mol. The maximum Gasteiger partial charge on any atom is 0.165 e. The molecule has 3 aromatic rings. The van der Waals surface area contributed by atoms with Crippen molar-refractivity contribution >= 4 is 11.0 Å². The summed E-state index contributed by atoms with van der Waals surface area (Å²) in [5.41, 5.74) is 2.89. The molecule has 0 N–H and O–H groups in total. The molecule has 134 valence electrons. The summed E-state index contributed by atoms with van der Waals surface area (Å²) in [5.74, 6) is -0.641. The number of ether oxygens (including phenoxy) is 3. The van der Waals surface area contributed by atoms with Crippen LogP contribution in [0.2, 0.25) is 0 Å². The number of rotatable bonds is 2. The fraction of sp³-hybridized carbons (Fsp3) is 0.400. The average Bonchev–Trinajstić information content (AvgIpc) is 3.27. The van der Waals surface area contributed by atoms with Crippen LogP contribution in [0.25, 0.3) is 11.0 Å². The Bertz CT molecular complexity index is 953. The van der Waals surface area contributed by atoms with E-state index in [1.165, 1.54) is 0 Å². The van der Waals surface area contributed by atoms with Crippen molar-refractivity contribution in [1.82, 2.24) is 14.5 Å². The van der Waals surface area contributed by atoms with Gasteiger partial charge in [0.25, 0.3) is 0 Å². The molecule has 0 radical (unpaired) electrons. The number of nitrogens with zero attached hydrogens (tertiary/aromatic N) is 3. The molecule has 2 aliphatic heterocycles. The molecule has 2 aliphatic rings. The van der Waals surface area contributed by atoms with Gasteiger partial charge in [0.1, 0.15) is 30.3 Å². The van der Waals surface area contributed by atoms with E-state index in [1.807, 2.05) is 55.8 Å². The first kappa shape index (κ1) is 15.9. The minimum atomic E-state index is -0.641. The highest BCUT2D eigenvalue weighted by Gasteiger charge is 2.56. The zero-order valence-electron chi connectivity index (χ0n) is 15.0. The molecule has 5 rings (SSSR count). The van der Waals surface area contributed by atoms with E-state index >= 15 is 0 Å². The van der Waals surface area contributed by atoms with Crippen molar-refractivity contribution in [2.24, 2.45) is 0 Å². The van der Waals surface area contributed by atoms with Crippen LogP contribution in [0, 0.1) is 6.92 Å². The minimum Gasteiger partial charge on any atom is -0.344 e. The Balaban J connectivity index is 1.59. The number of aromatic nitrogens is 3. The third kappa shape index (κ3) is 2.37. The van der Waals surface area contributed by atoms with Crippen molar-refractivity contribution in [3.05, 3.63) is 60.2 Å². The van der Waals surface area contributed by atoms with Gasteiger partial charge >= 0.3 is 0 Å². The van der Waals surface area contributed by atoms with Crippen molar-refractivity contribution in [2.45, 2.75) is 51.1 Å². The molecular weight excluding hydrogens is 330 g/mol. The van der Waals surface area contributed by atoms with Crippen molar-refractivity contribution in [1.29, 1.82) is 0 Å². The summed E-state index contributed by atoms with van der Waals surface area (Å²) in [5, 5.41) is 1.02. The van der Waals surface area contributed by atoms with Crippen LogP contribution in [0.3, 0.4) is 0 Å². The molecule has 0 bridgehead atoms. The van der Waals surface area contributed by atoms with Gasteiger partial charge in [-0.25, -0.2) is 9.97 Å². The van der Waals surface area contributed by atoms with Crippen LogP contribution < -0.4 is 0 Å². The number of benzene rings is 1. The Morgan fingerprint density at radius 2 is 1.77 bits per heavy atom. The molecule has 2 saturated heterocycles. The second-order valence-corrected chi connectivity index (χ2v) is 7.34. The normalized spacial score (nSPS) is 30.0. The van der Waals surface area contributed by atoms with E-state index in [9.17, 15) is 0 Å². The summed E-state index contributed by atoms with van der Waals surface area (Å²) in [6.45, 7) is 5.88. The van der Waals surface area contributed by atoms with E-state index in [2.05, 4.69) is 22.1 Å². The van der Waals surface area contributed by atoms with Gasteiger partial charge in [-0.3, -0.25) is 0 Å². The molecule has 6 heteroatoms. The molecule has 1 unspecified atom stereocenters. The largest absolute Gasteiger partial charge is 0.344 e. The summed E-state index contributed by atoms with van der Waals surface area (Å²) in [7, 11) is 0. The zero-order chi connectivity index (χ0) is 17.9. The third-order valence-corrected chi connectivity index (χ3v) is 5.14. The van der Waals surface area contributed by atoms with E-state index in [4.69, 9.17) is 14.2 Å². The van der Waals surface area contributed by atoms with Crippen LogP contribution in [0.15, 0.2) is 48.9 Å². The number of hydrogen-bond donors (Lipinski definition) is 0. The Kier molecular flexibility index (Phi) is 3.44. The first-order valence-corrected chi connectivity index (χ1v) is 8.88. The lowest BCUT2D eigenvalue weighted by molar-refractivity contribution is -0.197. The van der Waals surface area contributed by atoms with Gasteiger partial charge in [0.05, 0.1) is 5.69 Å². The maximum absolute atomic E-state index is 6.45. The molecule has 0 amide bonds. The standard InChI is InChI=1S/C20H21N3O3/c1-12-14-9-10-23(18(14)22-11-21-12)19-17-16(25-20(2,3)26-17)15(24-19)13-7-5-4-6-8-13/h4-11,15-17,19H,1-3H3/t15-,16+,17?,19+/m0/s1. The highest BCUT2D eigenvalue weighted by molar-refractivity contribution is 5.78. The summed E-state index contributed by atoms with van der Waals surface area (Å²) in [4.78, 5) is 8.75. The zero-order valence-corrected chi connectivity index (χ0v) is 15.0. The first-order valence-electron chi connectivity index (χ1n) is 8.88. The summed E-state index contributed by atoms with van der Waals surface area (Å²) < 4.78 is 20.9. The first-order chi connectivity index (χ1) is 12.5. The van der Waals surface area contributed by atoms with E-state index in [1.54, 1.807) is 6.33 Å². The smallest absolute Gasteiger partial charge is 0.165 e. The Morgan fingerprint density at radius 1 is 1.00 bits per heavy atom. The summed E-state index contributed by atoms with van der Waals surface area (Å²) >= 11 is 0. The lowest BCUT2D eigenvalue weighted by Crippen LogP contribution is -2.27. The molecule has 0 saturated carbocycles. The fourth-order valence-electron chi connectivity index (χ4n) is 4.01. The topological polar surface area (TPSA) is 58.4 Å². The van der Waals surface area contributed by atoms with E-state index in [-0.39, 0.29) is 24.5 Å². The second-order valence-electron chi connectivity index (χ2n) is 7.34. The van der Waals surface area contributed by atoms with Crippen LogP contribution >= 0.6 is 0 Å². The van der Waals surface area contributed by atoms with Gasteiger partial charge in [-0.05, 0) is 32.4 Å². The number of fused-ring (bicyclic) bond motifs is 2. The summed E-state index contributed by atoms with van der Waals surface area (Å²) in [6, 6.07) is 12.2. The summed E-state index contributed by atoms with van der Waals surface area (Å²) in [6.07, 6.45) is 2.72. The Labute approximate surface area is 151 Å². The van der Waals surface area contributed by atoms with Crippen LogP contribution in [0.1, 0.15) is 37.4 Å². The van der Waals surface area contributed by atoms with Gasteiger partial charge < -0.3 is 18.8 Å². The number of aryl methyl sites for hydroxylation is 1. The molecule has 2 fully saturated rings. The molecule has 0 spiro atoms. The molecule has 0 aliphatic carbocycles. The molecule has 2 aromatic heterocycles. The van der Waals surface area contributed by atoms with Crippen molar-refractivity contribution in [2.75, 3.05) is 0 Å². The Morgan fingerprint density at radius 3 is 2.58 bits per heavy atom. The van der Waals surface area contributed by atoms with E-state index < -0.39 is 5.79 Å². The lowest BCUT2D eigenvalue weighted by atomic mass is 10.0. The second kappa shape index (κ2) is 5.61. The van der Waals surface area contributed by atoms with E-state index in [0.717, 1.165) is 22.3 Å². The lowest BCUT2D eigenvalue weighted by Gasteiger charge is -2.25. The van der Waals surface area contributed by atoms with Crippen LogP contribution in [-0.2, 0) is 14.2 Å². The van der Waals surface area contributed by atoms with Gasteiger partial charge in [0.15, 0.2) is 12.0 Å². The van der Waals surface area contributed by atoms with Crippen molar-refractivity contribution in [3.8, 4) is 0 Å². The minimum absolute atomic E-state index is 0.169. The van der Waals surface area contributed by atoms with Crippen molar-refractivity contribution in [3.63, 3.8) is 0 Å². The predicted octanol–water partition coefficient (Wildman–Crippen LogP) is 3.53. The maximum atomic E-state index is 6.45. The Hall–Kier alpha value is -2.28. The molecule has 1 aromatic carbocycles. The van der Waals surface area contributed by atoms with Crippen LogP contribution in [0.5, 0.6) is 0 Å². The highest BCUT2D eigenvalue weighted by Crippen LogP contribution is 2.49. The molecule has 26 heavy (non-hydrogen) atoms. The SMILES string of the molecule is Cc1ncnc2c1ccn2[C@@H]1O[C@@H](c2ccccc2)[C@H]2OC(C)(C)OC12. The quantitative estimate of drug-likeness (QED) is 0.707. The molecule has 6 nitrogen and oxygen atoms in total. The van der Waals surface area contributed by atoms with Crippen LogP contribution in [0.4, 0.5) is 0 Å². The van der Waals surface area contributed by atoms with Gasteiger partial charge in [-0.2, -0.15) is 0 Å². The monoisotopic (exact) mass is 351 g/mol. The third-order valence-electron chi connectivity index (χ3n) is 5.14. The fourth-order valence-corrected chi connectivity index (χ4v) is 4.01. The van der Waals surface area contributed by atoms with Crippen LogP contribution in [-0.4, -0.2) is 32.5 Å². The van der Waals surface area contributed by atoms with Crippen molar-refractivity contribution < 1.29 is 14.2 Å². The van der Waals surface area contributed by atoms with Gasteiger partial charge in [0.2, 0.25) is 0 Å². The van der Waals surface area contributed by atoms with Gasteiger partial charge in [-0.1, -0.05) is 30.3 Å². The average molecular weight is 351 g/mol.